The highest BCUT2D eigenvalue weighted by atomic mass is 19.1. The van der Waals surface area contributed by atoms with E-state index in [-0.39, 0.29) is 5.82 Å². The van der Waals surface area contributed by atoms with E-state index in [4.69, 9.17) is 4.42 Å². The molecule has 0 aliphatic carbocycles. The molecule has 6 heteroatoms. The van der Waals surface area contributed by atoms with E-state index in [2.05, 4.69) is 26.9 Å². The van der Waals surface area contributed by atoms with Crippen LogP contribution in [0.1, 0.15) is 11.1 Å². The second-order valence-electron chi connectivity index (χ2n) is 7.49. The maximum Gasteiger partial charge on any atom is 0.137 e. The summed E-state index contributed by atoms with van der Waals surface area (Å²) < 4.78 is 18.8. The minimum absolute atomic E-state index is 0.272. The summed E-state index contributed by atoms with van der Waals surface area (Å²) in [5.41, 5.74) is 4.56. The predicted molar refractivity (Wildman–Crippen MR) is 112 cm³/mol. The van der Waals surface area contributed by atoms with Crippen molar-refractivity contribution in [2.45, 2.75) is 6.42 Å². The Kier molecular flexibility index (Phi) is 4.45. The van der Waals surface area contributed by atoms with Crippen molar-refractivity contribution in [3.8, 4) is 6.07 Å². The molecule has 3 heterocycles. The number of anilines is 1. The largest absolute Gasteiger partial charge is 0.464 e. The second-order valence-corrected chi connectivity index (χ2v) is 7.49. The van der Waals surface area contributed by atoms with Crippen molar-refractivity contribution in [1.29, 1.82) is 5.26 Å². The van der Waals surface area contributed by atoms with E-state index in [0.717, 1.165) is 66.7 Å². The average molecular weight is 388 g/mol. The summed E-state index contributed by atoms with van der Waals surface area (Å²) in [6, 6.07) is 13.2. The zero-order valence-electron chi connectivity index (χ0n) is 16.0. The molecule has 0 radical (unpaired) electrons. The molecule has 0 amide bonds. The molecule has 2 aromatic carbocycles. The fourth-order valence-electron chi connectivity index (χ4n) is 4.26. The number of furan rings is 1. The van der Waals surface area contributed by atoms with Crippen LogP contribution in [-0.2, 0) is 6.42 Å². The molecule has 29 heavy (non-hydrogen) atoms. The molecule has 0 bridgehead atoms. The van der Waals surface area contributed by atoms with Crippen LogP contribution in [-0.4, -0.2) is 42.6 Å². The SMILES string of the molecule is N#Cc1c[nH]c2cccc(N3CCN(CCc4coc5cc(F)ccc45)CC3)c12. The van der Waals surface area contributed by atoms with E-state index in [1.165, 1.54) is 12.1 Å². The van der Waals surface area contributed by atoms with Crippen LogP contribution in [0.2, 0.25) is 0 Å². The van der Waals surface area contributed by atoms with Crippen LogP contribution in [0.4, 0.5) is 10.1 Å². The predicted octanol–water partition coefficient (Wildman–Crippen LogP) is 4.29. The molecule has 1 fully saturated rings. The van der Waals surface area contributed by atoms with Crippen molar-refractivity contribution in [3.63, 3.8) is 0 Å². The van der Waals surface area contributed by atoms with Crippen molar-refractivity contribution >= 4 is 27.6 Å². The zero-order chi connectivity index (χ0) is 19.8. The molecule has 146 valence electrons. The monoisotopic (exact) mass is 388 g/mol. The lowest BCUT2D eigenvalue weighted by Gasteiger charge is -2.36. The van der Waals surface area contributed by atoms with Crippen LogP contribution in [0, 0.1) is 17.1 Å². The lowest BCUT2D eigenvalue weighted by Crippen LogP contribution is -2.47. The molecule has 0 spiro atoms. The van der Waals surface area contributed by atoms with Crippen molar-refractivity contribution in [1.82, 2.24) is 9.88 Å². The molecule has 5 rings (SSSR count). The van der Waals surface area contributed by atoms with Gasteiger partial charge in [-0.25, -0.2) is 4.39 Å². The third-order valence-corrected chi connectivity index (χ3v) is 5.83. The van der Waals surface area contributed by atoms with Gasteiger partial charge in [-0.3, -0.25) is 4.90 Å². The third kappa shape index (κ3) is 3.24. The highest BCUT2D eigenvalue weighted by Gasteiger charge is 2.20. The van der Waals surface area contributed by atoms with E-state index in [0.29, 0.717) is 11.1 Å². The van der Waals surface area contributed by atoms with E-state index in [1.807, 2.05) is 12.1 Å². The minimum Gasteiger partial charge on any atom is -0.464 e. The molecule has 0 atom stereocenters. The zero-order valence-corrected chi connectivity index (χ0v) is 16.0. The highest BCUT2D eigenvalue weighted by Crippen LogP contribution is 2.30. The van der Waals surface area contributed by atoms with Gasteiger partial charge in [-0.15, -0.1) is 0 Å². The van der Waals surface area contributed by atoms with Crippen LogP contribution < -0.4 is 4.90 Å². The van der Waals surface area contributed by atoms with Gasteiger partial charge in [0.25, 0.3) is 0 Å². The summed E-state index contributed by atoms with van der Waals surface area (Å²) in [7, 11) is 0. The second kappa shape index (κ2) is 7.26. The van der Waals surface area contributed by atoms with Crippen LogP contribution >= 0.6 is 0 Å². The number of H-pyrrole nitrogens is 1. The Labute approximate surface area is 167 Å². The fraction of sp³-hybridized carbons (Fsp3) is 0.261. The third-order valence-electron chi connectivity index (χ3n) is 5.83. The van der Waals surface area contributed by atoms with Gasteiger partial charge >= 0.3 is 0 Å². The number of hydrogen-bond acceptors (Lipinski definition) is 4. The number of piperazine rings is 1. The molecule has 4 aromatic rings. The number of nitriles is 1. The minimum atomic E-state index is -0.272. The van der Waals surface area contributed by atoms with Crippen LogP contribution in [0.3, 0.4) is 0 Å². The van der Waals surface area contributed by atoms with Gasteiger partial charge in [-0.1, -0.05) is 6.07 Å². The van der Waals surface area contributed by atoms with E-state index >= 15 is 0 Å². The molecular weight excluding hydrogens is 367 g/mol. The standard InChI is InChI=1S/C23H21FN4O/c24-18-4-5-19-16(15-29-22(19)12-18)6-7-27-8-10-28(11-9-27)21-3-1-2-20-23(21)17(13-25)14-26-20/h1-5,12,14-15,26H,6-11H2. The van der Waals surface area contributed by atoms with Gasteiger partial charge in [0.05, 0.1) is 11.8 Å². The molecule has 1 N–H and O–H groups in total. The summed E-state index contributed by atoms with van der Waals surface area (Å²) in [5, 5.41) is 11.4. The number of halogens is 1. The average Bonchev–Trinajstić information content (AvgIpc) is 3.36. The highest BCUT2D eigenvalue weighted by molar-refractivity contribution is 5.97. The first kappa shape index (κ1) is 17.8. The Morgan fingerprint density at radius 2 is 2.00 bits per heavy atom. The Balaban J connectivity index is 1.25. The summed E-state index contributed by atoms with van der Waals surface area (Å²) in [5.74, 6) is -0.272. The quantitative estimate of drug-likeness (QED) is 0.567. The van der Waals surface area contributed by atoms with Crippen LogP contribution in [0.15, 0.2) is 53.3 Å². The molecule has 0 unspecified atom stereocenters. The first-order valence-electron chi connectivity index (χ1n) is 9.86. The van der Waals surface area contributed by atoms with Gasteiger partial charge in [-0.05, 0) is 36.2 Å². The van der Waals surface area contributed by atoms with Crippen LogP contribution in [0.5, 0.6) is 0 Å². The van der Waals surface area contributed by atoms with Crippen molar-refractivity contribution in [2.75, 3.05) is 37.6 Å². The van der Waals surface area contributed by atoms with Gasteiger partial charge in [0.1, 0.15) is 17.5 Å². The molecule has 1 saturated heterocycles. The number of hydrogen-bond donors (Lipinski definition) is 1. The molecule has 5 nitrogen and oxygen atoms in total. The van der Waals surface area contributed by atoms with Gasteiger partial charge < -0.3 is 14.3 Å². The molecule has 1 aliphatic heterocycles. The number of aromatic amines is 1. The van der Waals surface area contributed by atoms with Crippen LogP contribution in [0.25, 0.3) is 21.9 Å². The van der Waals surface area contributed by atoms with Gasteiger partial charge in [-0.2, -0.15) is 5.26 Å². The Morgan fingerprint density at radius 3 is 2.83 bits per heavy atom. The Morgan fingerprint density at radius 1 is 1.14 bits per heavy atom. The van der Waals surface area contributed by atoms with E-state index < -0.39 is 0 Å². The van der Waals surface area contributed by atoms with Crippen molar-refractivity contribution in [2.24, 2.45) is 0 Å². The van der Waals surface area contributed by atoms with Crippen molar-refractivity contribution < 1.29 is 8.81 Å². The van der Waals surface area contributed by atoms with Gasteiger partial charge in [0.15, 0.2) is 0 Å². The summed E-state index contributed by atoms with van der Waals surface area (Å²) >= 11 is 0. The lowest BCUT2D eigenvalue weighted by molar-refractivity contribution is 0.261. The molecular formula is C23H21FN4O. The lowest BCUT2D eigenvalue weighted by atomic mass is 10.1. The van der Waals surface area contributed by atoms with Crippen molar-refractivity contribution in [3.05, 3.63) is 65.8 Å². The summed E-state index contributed by atoms with van der Waals surface area (Å²) in [4.78, 5) is 8.00. The van der Waals surface area contributed by atoms with Gasteiger partial charge in [0, 0.05) is 67.0 Å². The number of fused-ring (bicyclic) bond motifs is 2. The number of nitrogens with one attached hydrogen (secondary N) is 1. The first-order valence-corrected chi connectivity index (χ1v) is 9.86. The maximum absolute atomic E-state index is 13.3. The Bertz CT molecular complexity index is 1210. The molecule has 0 saturated carbocycles. The fourth-order valence-corrected chi connectivity index (χ4v) is 4.26. The first-order chi connectivity index (χ1) is 14.2. The van der Waals surface area contributed by atoms with E-state index in [9.17, 15) is 9.65 Å². The molecule has 2 aromatic heterocycles. The number of rotatable bonds is 4. The van der Waals surface area contributed by atoms with E-state index in [1.54, 1.807) is 18.5 Å². The number of nitrogens with zero attached hydrogens (tertiary/aromatic N) is 3. The Hall–Kier alpha value is -3.30. The summed E-state index contributed by atoms with van der Waals surface area (Å²) in [6.45, 7) is 4.72. The smallest absolute Gasteiger partial charge is 0.137 e. The maximum atomic E-state index is 13.3. The number of benzene rings is 2. The number of aromatic nitrogens is 1. The summed E-state index contributed by atoms with van der Waals surface area (Å²) in [6.07, 6.45) is 4.41. The normalized spacial score (nSPS) is 15.2. The molecule has 1 aliphatic rings. The van der Waals surface area contributed by atoms with Gasteiger partial charge in [0.2, 0.25) is 0 Å². The topological polar surface area (TPSA) is 59.2 Å².